The van der Waals surface area contributed by atoms with Crippen LogP contribution in [0.3, 0.4) is 0 Å². The van der Waals surface area contributed by atoms with Gasteiger partial charge in [0.2, 0.25) is 5.88 Å². The first-order chi connectivity index (χ1) is 10.2. The number of hydrogen-bond donors (Lipinski definition) is 0. The predicted octanol–water partition coefficient (Wildman–Crippen LogP) is 2.59. The summed E-state index contributed by atoms with van der Waals surface area (Å²) < 4.78 is 12.0. The summed E-state index contributed by atoms with van der Waals surface area (Å²) >= 11 is 0. The maximum Gasteiger partial charge on any atom is 0.344 e. The number of nitrogens with zero attached hydrogens (tertiary/aromatic N) is 2. The standard InChI is InChI=1S/C16H20N2O3/c1-4-12-8-6-7-9-13(12)14-10-15(17-18(14)3)21-11-16(19)20-5-2/h6-10H,4-5,11H2,1-3H3. The summed E-state index contributed by atoms with van der Waals surface area (Å²) in [5.74, 6) is 0.0325. The normalized spacial score (nSPS) is 10.4. The molecule has 0 amide bonds. The minimum Gasteiger partial charge on any atom is -0.465 e. The van der Waals surface area contributed by atoms with Crippen LogP contribution in [0.15, 0.2) is 30.3 Å². The summed E-state index contributed by atoms with van der Waals surface area (Å²) in [6.07, 6.45) is 0.945. The molecule has 0 saturated carbocycles. The number of benzene rings is 1. The van der Waals surface area contributed by atoms with Crippen LogP contribution in [0.5, 0.6) is 5.88 Å². The topological polar surface area (TPSA) is 53.4 Å². The number of carbonyl (C=O) groups excluding carboxylic acids is 1. The summed E-state index contributed by atoms with van der Waals surface area (Å²) in [7, 11) is 1.86. The zero-order chi connectivity index (χ0) is 15.2. The minimum absolute atomic E-state index is 0.125. The number of esters is 1. The molecule has 0 spiro atoms. The molecule has 1 aromatic carbocycles. The maximum absolute atomic E-state index is 11.3. The Balaban J connectivity index is 2.17. The van der Waals surface area contributed by atoms with Crippen LogP contribution in [0, 0.1) is 0 Å². The van der Waals surface area contributed by atoms with E-state index in [0.29, 0.717) is 12.5 Å². The van der Waals surface area contributed by atoms with Crippen molar-refractivity contribution in [3.8, 4) is 17.1 Å². The zero-order valence-corrected chi connectivity index (χ0v) is 12.6. The highest BCUT2D eigenvalue weighted by atomic mass is 16.6. The van der Waals surface area contributed by atoms with Crippen molar-refractivity contribution in [2.24, 2.45) is 7.05 Å². The molecule has 2 rings (SSSR count). The molecule has 0 bridgehead atoms. The van der Waals surface area contributed by atoms with Crippen molar-refractivity contribution in [3.05, 3.63) is 35.9 Å². The van der Waals surface area contributed by atoms with E-state index in [1.54, 1.807) is 11.6 Å². The fourth-order valence-corrected chi connectivity index (χ4v) is 2.18. The summed E-state index contributed by atoms with van der Waals surface area (Å²) in [5, 5.41) is 4.28. The molecular weight excluding hydrogens is 268 g/mol. The number of aryl methyl sites for hydroxylation is 2. The van der Waals surface area contributed by atoms with E-state index in [2.05, 4.69) is 24.2 Å². The summed E-state index contributed by atoms with van der Waals surface area (Å²) in [6.45, 7) is 4.10. The number of carbonyl (C=O) groups is 1. The highest BCUT2D eigenvalue weighted by Gasteiger charge is 2.12. The van der Waals surface area contributed by atoms with Gasteiger partial charge in [-0.25, -0.2) is 4.79 Å². The van der Waals surface area contributed by atoms with Crippen LogP contribution in [0.1, 0.15) is 19.4 Å². The van der Waals surface area contributed by atoms with Crippen LogP contribution in [-0.4, -0.2) is 29.0 Å². The monoisotopic (exact) mass is 288 g/mol. The Labute approximate surface area is 124 Å². The lowest BCUT2D eigenvalue weighted by Crippen LogP contribution is -2.14. The molecule has 5 nitrogen and oxygen atoms in total. The van der Waals surface area contributed by atoms with Crippen LogP contribution in [0.25, 0.3) is 11.3 Å². The van der Waals surface area contributed by atoms with Gasteiger partial charge in [0.15, 0.2) is 6.61 Å². The zero-order valence-electron chi connectivity index (χ0n) is 12.6. The van der Waals surface area contributed by atoms with Crippen LogP contribution >= 0.6 is 0 Å². The molecule has 0 unspecified atom stereocenters. The molecule has 0 saturated heterocycles. The van der Waals surface area contributed by atoms with Crippen molar-refractivity contribution < 1.29 is 14.3 Å². The molecule has 0 N–H and O–H groups in total. The molecule has 112 valence electrons. The largest absolute Gasteiger partial charge is 0.465 e. The smallest absolute Gasteiger partial charge is 0.344 e. The van der Waals surface area contributed by atoms with Gasteiger partial charge >= 0.3 is 5.97 Å². The van der Waals surface area contributed by atoms with Crippen LogP contribution in [0.4, 0.5) is 0 Å². The number of hydrogen-bond acceptors (Lipinski definition) is 4. The molecule has 0 aliphatic heterocycles. The third-order valence-corrected chi connectivity index (χ3v) is 3.17. The second-order valence-corrected chi connectivity index (χ2v) is 4.60. The molecule has 0 aliphatic rings. The average Bonchev–Trinajstić information content (AvgIpc) is 2.86. The molecule has 1 aromatic heterocycles. The predicted molar refractivity (Wildman–Crippen MR) is 80.2 cm³/mol. The van der Waals surface area contributed by atoms with Gasteiger partial charge in [-0.3, -0.25) is 4.68 Å². The second-order valence-electron chi connectivity index (χ2n) is 4.60. The highest BCUT2D eigenvalue weighted by molar-refractivity contribution is 5.71. The van der Waals surface area contributed by atoms with Crippen LogP contribution < -0.4 is 4.74 Å². The molecule has 5 heteroatoms. The van der Waals surface area contributed by atoms with Gasteiger partial charge in [-0.1, -0.05) is 31.2 Å². The van der Waals surface area contributed by atoms with Crippen LogP contribution in [0.2, 0.25) is 0 Å². The summed E-state index contributed by atoms with van der Waals surface area (Å²) in [4.78, 5) is 11.3. The van der Waals surface area contributed by atoms with Crippen molar-refractivity contribution in [1.82, 2.24) is 9.78 Å². The first-order valence-electron chi connectivity index (χ1n) is 7.06. The van der Waals surface area contributed by atoms with Gasteiger partial charge < -0.3 is 9.47 Å². The Morgan fingerprint density at radius 1 is 1.29 bits per heavy atom. The minimum atomic E-state index is -0.390. The van der Waals surface area contributed by atoms with Gasteiger partial charge in [-0.2, -0.15) is 0 Å². The summed E-state index contributed by atoms with van der Waals surface area (Å²) in [5.41, 5.74) is 3.34. The lowest BCUT2D eigenvalue weighted by molar-refractivity contribution is -0.145. The number of aromatic nitrogens is 2. The molecule has 0 radical (unpaired) electrons. The second kappa shape index (κ2) is 6.92. The van der Waals surface area contributed by atoms with Crippen molar-refractivity contribution in [2.75, 3.05) is 13.2 Å². The van der Waals surface area contributed by atoms with E-state index in [9.17, 15) is 4.79 Å². The Bertz CT molecular complexity index is 620. The van der Waals surface area contributed by atoms with Crippen molar-refractivity contribution in [1.29, 1.82) is 0 Å². The van der Waals surface area contributed by atoms with Gasteiger partial charge in [-0.15, -0.1) is 5.10 Å². The lowest BCUT2D eigenvalue weighted by Gasteiger charge is -2.06. The molecule has 2 aromatic rings. The van der Waals surface area contributed by atoms with Gasteiger partial charge in [0.1, 0.15) is 0 Å². The quantitative estimate of drug-likeness (QED) is 0.767. The van der Waals surface area contributed by atoms with Crippen molar-refractivity contribution >= 4 is 5.97 Å². The summed E-state index contributed by atoms with van der Waals surface area (Å²) in [6, 6.07) is 10.0. The molecule has 1 heterocycles. The molecule has 0 fully saturated rings. The van der Waals surface area contributed by atoms with Gasteiger partial charge in [0.05, 0.1) is 12.3 Å². The van der Waals surface area contributed by atoms with Gasteiger partial charge in [-0.05, 0) is 18.9 Å². The third kappa shape index (κ3) is 3.62. The SMILES string of the molecule is CCOC(=O)COc1cc(-c2ccccc2CC)n(C)n1. The van der Waals surface area contributed by atoms with Crippen molar-refractivity contribution in [2.45, 2.75) is 20.3 Å². The fourth-order valence-electron chi connectivity index (χ4n) is 2.18. The highest BCUT2D eigenvalue weighted by Crippen LogP contribution is 2.26. The number of rotatable bonds is 6. The van der Waals surface area contributed by atoms with E-state index in [1.807, 2.05) is 25.2 Å². The van der Waals surface area contributed by atoms with E-state index in [-0.39, 0.29) is 6.61 Å². The molecule has 0 aliphatic carbocycles. The first-order valence-corrected chi connectivity index (χ1v) is 7.06. The third-order valence-electron chi connectivity index (χ3n) is 3.17. The maximum atomic E-state index is 11.3. The molecule has 21 heavy (non-hydrogen) atoms. The first kappa shape index (κ1) is 15.1. The van der Waals surface area contributed by atoms with E-state index in [4.69, 9.17) is 9.47 Å². The Morgan fingerprint density at radius 2 is 2.05 bits per heavy atom. The fraction of sp³-hybridized carbons (Fsp3) is 0.375. The lowest BCUT2D eigenvalue weighted by atomic mass is 10.0. The molecular formula is C16H20N2O3. The van der Waals surface area contributed by atoms with E-state index >= 15 is 0 Å². The Kier molecular flexibility index (Phi) is 4.98. The van der Waals surface area contributed by atoms with Gasteiger partial charge in [0, 0.05) is 18.7 Å². The van der Waals surface area contributed by atoms with E-state index in [0.717, 1.165) is 17.7 Å². The van der Waals surface area contributed by atoms with E-state index < -0.39 is 5.97 Å². The Morgan fingerprint density at radius 3 is 2.76 bits per heavy atom. The Hall–Kier alpha value is -2.30. The van der Waals surface area contributed by atoms with Crippen molar-refractivity contribution in [3.63, 3.8) is 0 Å². The average molecular weight is 288 g/mol. The van der Waals surface area contributed by atoms with E-state index in [1.165, 1.54) is 5.56 Å². The van der Waals surface area contributed by atoms with Gasteiger partial charge in [0.25, 0.3) is 0 Å². The molecule has 0 atom stereocenters. The number of ether oxygens (including phenoxy) is 2. The van der Waals surface area contributed by atoms with Crippen LogP contribution in [-0.2, 0) is 23.0 Å².